The van der Waals surface area contributed by atoms with Gasteiger partial charge in [0.25, 0.3) is 5.91 Å². The van der Waals surface area contributed by atoms with Crippen molar-refractivity contribution >= 4 is 11.9 Å². The zero-order valence-corrected chi connectivity index (χ0v) is 11.4. The molecule has 0 aliphatic heterocycles. The van der Waals surface area contributed by atoms with Crippen LogP contribution in [-0.4, -0.2) is 29.6 Å². The summed E-state index contributed by atoms with van der Waals surface area (Å²) >= 11 is 0. The van der Waals surface area contributed by atoms with Gasteiger partial charge in [-0.1, -0.05) is 18.6 Å². The molecule has 0 bridgehead atoms. The first-order valence-corrected chi connectivity index (χ1v) is 6.76. The molecule has 2 rings (SSSR count). The number of aliphatic carboxylic acids is 1. The van der Waals surface area contributed by atoms with E-state index in [4.69, 9.17) is 15.1 Å². The van der Waals surface area contributed by atoms with E-state index in [1.165, 1.54) is 0 Å². The lowest BCUT2D eigenvalue weighted by molar-refractivity contribution is -0.142. The average molecular weight is 288 g/mol. The lowest BCUT2D eigenvalue weighted by Crippen LogP contribution is -2.42. The van der Waals surface area contributed by atoms with Gasteiger partial charge in [-0.05, 0) is 25.0 Å². The van der Waals surface area contributed by atoms with Gasteiger partial charge in [0.2, 0.25) is 0 Å². The summed E-state index contributed by atoms with van der Waals surface area (Å²) in [5.41, 5.74) is 0.356. The van der Waals surface area contributed by atoms with Gasteiger partial charge in [-0.3, -0.25) is 9.59 Å². The Bertz CT molecular complexity index is 579. The van der Waals surface area contributed by atoms with Crippen LogP contribution in [0.3, 0.4) is 0 Å². The molecule has 110 valence electrons. The number of carbonyl (C=O) groups excluding carboxylic acids is 1. The predicted octanol–water partition coefficient (Wildman–Crippen LogP) is 1.31. The second kappa shape index (κ2) is 6.75. The number of hydrogen-bond acceptors (Lipinski definition) is 4. The van der Waals surface area contributed by atoms with E-state index in [1.807, 2.05) is 6.07 Å². The topological polar surface area (TPSA) is 99.4 Å². The minimum Gasteiger partial charge on any atom is -0.482 e. The number of nitrogens with zero attached hydrogens (tertiary/aromatic N) is 1. The first-order chi connectivity index (χ1) is 10.1. The van der Waals surface area contributed by atoms with Gasteiger partial charge >= 0.3 is 5.97 Å². The number of amides is 1. The minimum atomic E-state index is -0.881. The molecular weight excluding hydrogens is 272 g/mol. The van der Waals surface area contributed by atoms with Gasteiger partial charge in [0, 0.05) is 6.04 Å². The summed E-state index contributed by atoms with van der Waals surface area (Å²) in [6.07, 6.45) is 2.04. The van der Waals surface area contributed by atoms with E-state index in [1.54, 1.807) is 24.3 Å². The van der Waals surface area contributed by atoms with Gasteiger partial charge in [0.1, 0.15) is 11.8 Å². The second-order valence-corrected chi connectivity index (χ2v) is 4.95. The van der Waals surface area contributed by atoms with Crippen LogP contribution in [0.1, 0.15) is 24.8 Å². The number of hydrogen-bond donors (Lipinski definition) is 2. The number of carboxylic acids is 1. The Balaban J connectivity index is 1.88. The summed E-state index contributed by atoms with van der Waals surface area (Å²) < 4.78 is 5.31. The molecule has 21 heavy (non-hydrogen) atoms. The number of rotatable bonds is 5. The van der Waals surface area contributed by atoms with Gasteiger partial charge in [0.05, 0.1) is 11.5 Å². The monoisotopic (exact) mass is 288 g/mol. The van der Waals surface area contributed by atoms with E-state index in [0.29, 0.717) is 24.2 Å². The molecule has 0 saturated heterocycles. The zero-order chi connectivity index (χ0) is 15.2. The van der Waals surface area contributed by atoms with Crippen molar-refractivity contribution in [3.63, 3.8) is 0 Å². The first kappa shape index (κ1) is 14.9. The van der Waals surface area contributed by atoms with E-state index >= 15 is 0 Å². The largest absolute Gasteiger partial charge is 0.482 e. The van der Waals surface area contributed by atoms with Crippen LogP contribution in [0.5, 0.6) is 5.75 Å². The predicted molar refractivity (Wildman–Crippen MR) is 73.6 cm³/mol. The summed E-state index contributed by atoms with van der Waals surface area (Å²) in [5.74, 6) is -1.44. The third-order valence-corrected chi connectivity index (χ3v) is 3.55. The number of carboxylic acid groups (broad SMARTS) is 1. The number of nitriles is 1. The van der Waals surface area contributed by atoms with E-state index in [9.17, 15) is 9.59 Å². The summed E-state index contributed by atoms with van der Waals surface area (Å²) in [7, 11) is 0. The van der Waals surface area contributed by atoms with Crippen LogP contribution < -0.4 is 10.1 Å². The van der Waals surface area contributed by atoms with Crippen molar-refractivity contribution in [3.05, 3.63) is 29.8 Å². The molecular formula is C15H16N2O4. The highest BCUT2D eigenvalue weighted by Crippen LogP contribution is 2.25. The highest BCUT2D eigenvalue weighted by Gasteiger charge is 2.33. The fraction of sp³-hybridized carbons (Fsp3) is 0.400. The molecule has 0 aromatic heterocycles. The molecule has 1 aromatic carbocycles. The third kappa shape index (κ3) is 3.72. The molecule has 6 heteroatoms. The molecule has 1 fully saturated rings. The van der Waals surface area contributed by atoms with Crippen LogP contribution in [-0.2, 0) is 9.59 Å². The number of benzene rings is 1. The van der Waals surface area contributed by atoms with E-state index < -0.39 is 11.9 Å². The van der Waals surface area contributed by atoms with E-state index in [2.05, 4.69) is 5.32 Å². The molecule has 1 aliphatic rings. The Hall–Kier alpha value is -2.55. The molecule has 0 spiro atoms. The van der Waals surface area contributed by atoms with Crippen molar-refractivity contribution in [2.24, 2.45) is 5.92 Å². The highest BCUT2D eigenvalue weighted by atomic mass is 16.5. The zero-order valence-electron chi connectivity index (χ0n) is 11.4. The Morgan fingerprint density at radius 3 is 2.86 bits per heavy atom. The Labute approximate surface area is 122 Å². The van der Waals surface area contributed by atoms with Crippen molar-refractivity contribution in [1.82, 2.24) is 5.32 Å². The van der Waals surface area contributed by atoms with Crippen molar-refractivity contribution in [2.75, 3.05) is 6.61 Å². The maximum atomic E-state index is 11.8. The molecule has 0 radical (unpaired) electrons. The van der Waals surface area contributed by atoms with Crippen LogP contribution in [0.15, 0.2) is 24.3 Å². The first-order valence-electron chi connectivity index (χ1n) is 6.76. The standard InChI is InChI=1S/C15H16N2O4/c16-8-10-4-1-2-7-13(10)21-9-14(18)17-12-6-3-5-11(12)15(19)20/h1-2,4,7,11-12H,3,5-6,9H2,(H,17,18)(H,19,20). The number of nitrogens with one attached hydrogen (secondary N) is 1. The SMILES string of the molecule is N#Cc1ccccc1OCC(=O)NC1CCCC1C(=O)O. The van der Waals surface area contributed by atoms with Gasteiger partial charge in [0.15, 0.2) is 6.61 Å². The van der Waals surface area contributed by atoms with Crippen LogP contribution in [0.25, 0.3) is 0 Å². The summed E-state index contributed by atoms with van der Waals surface area (Å²) in [6.45, 7) is -0.235. The van der Waals surface area contributed by atoms with Crippen molar-refractivity contribution in [2.45, 2.75) is 25.3 Å². The number of para-hydroxylation sites is 1. The Kier molecular flexibility index (Phi) is 4.77. The molecule has 0 heterocycles. The summed E-state index contributed by atoms with van der Waals surface area (Å²) in [6, 6.07) is 8.28. The number of ether oxygens (including phenoxy) is 1. The molecule has 2 unspecified atom stereocenters. The lowest BCUT2D eigenvalue weighted by atomic mass is 10.0. The van der Waals surface area contributed by atoms with Crippen molar-refractivity contribution in [1.29, 1.82) is 5.26 Å². The van der Waals surface area contributed by atoms with Gasteiger partial charge in [-0.25, -0.2) is 0 Å². The fourth-order valence-electron chi connectivity index (χ4n) is 2.51. The van der Waals surface area contributed by atoms with Gasteiger partial charge in [-0.2, -0.15) is 5.26 Å². The Morgan fingerprint density at radius 1 is 1.38 bits per heavy atom. The maximum Gasteiger partial charge on any atom is 0.308 e. The van der Waals surface area contributed by atoms with E-state index in [-0.39, 0.29) is 18.6 Å². The molecule has 1 amide bonds. The van der Waals surface area contributed by atoms with Crippen LogP contribution in [0.4, 0.5) is 0 Å². The lowest BCUT2D eigenvalue weighted by Gasteiger charge is -2.17. The second-order valence-electron chi connectivity index (χ2n) is 4.95. The van der Waals surface area contributed by atoms with Crippen LogP contribution >= 0.6 is 0 Å². The van der Waals surface area contributed by atoms with Gasteiger partial charge < -0.3 is 15.2 Å². The molecule has 1 aromatic rings. The fourth-order valence-corrected chi connectivity index (χ4v) is 2.51. The van der Waals surface area contributed by atoms with Crippen molar-refractivity contribution in [3.8, 4) is 11.8 Å². The smallest absolute Gasteiger partial charge is 0.308 e. The maximum absolute atomic E-state index is 11.8. The quantitative estimate of drug-likeness (QED) is 0.851. The summed E-state index contributed by atoms with van der Waals surface area (Å²) in [5, 5.41) is 20.7. The normalized spacial score (nSPS) is 20.5. The summed E-state index contributed by atoms with van der Waals surface area (Å²) in [4.78, 5) is 22.9. The molecule has 1 aliphatic carbocycles. The van der Waals surface area contributed by atoms with Crippen LogP contribution in [0.2, 0.25) is 0 Å². The molecule has 2 N–H and O–H groups in total. The highest BCUT2D eigenvalue weighted by molar-refractivity contribution is 5.79. The molecule has 6 nitrogen and oxygen atoms in total. The Morgan fingerprint density at radius 2 is 2.14 bits per heavy atom. The average Bonchev–Trinajstić information content (AvgIpc) is 2.93. The third-order valence-electron chi connectivity index (χ3n) is 3.55. The van der Waals surface area contributed by atoms with Crippen LogP contribution in [0, 0.1) is 17.2 Å². The van der Waals surface area contributed by atoms with Gasteiger partial charge in [-0.15, -0.1) is 0 Å². The molecule has 2 atom stereocenters. The van der Waals surface area contributed by atoms with Crippen molar-refractivity contribution < 1.29 is 19.4 Å². The minimum absolute atomic E-state index is 0.235. The number of carbonyl (C=O) groups is 2. The molecule has 1 saturated carbocycles. The van der Waals surface area contributed by atoms with E-state index in [0.717, 1.165) is 6.42 Å².